The van der Waals surface area contributed by atoms with Crippen LogP contribution >= 0.6 is 0 Å². The van der Waals surface area contributed by atoms with Gasteiger partial charge in [-0.15, -0.1) is 0 Å². The van der Waals surface area contributed by atoms with E-state index in [1.807, 2.05) is 12.3 Å². The molecule has 2 aliphatic heterocycles. The van der Waals surface area contributed by atoms with Crippen LogP contribution in [0, 0.1) is 0 Å². The molecule has 110 valence electrons. The number of hydrogen-bond acceptors (Lipinski definition) is 4. The lowest BCUT2D eigenvalue weighted by Crippen LogP contribution is -2.45. The number of nitrogens with zero attached hydrogens (tertiary/aromatic N) is 2. The summed E-state index contributed by atoms with van der Waals surface area (Å²) < 4.78 is 5.78. The van der Waals surface area contributed by atoms with Crippen LogP contribution in [0.3, 0.4) is 0 Å². The van der Waals surface area contributed by atoms with Gasteiger partial charge in [0, 0.05) is 38.5 Å². The number of anilines is 1. The zero-order valence-electron chi connectivity index (χ0n) is 12.1. The van der Waals surface area contributed by atoms with Crippen molar-refractivity contribution in [1.29, 1.82) is 0 Å². The summed E-state index contributed by atoms with van der Waals surface area (Å²) in [5.41, 5.74) is 0. The highest BCUT2D eigenvalue weighted by molar-refractivity contribution is 5.38. The van der Waals surface area contributed by atoms with E-state index >= 15 is 0 Å². The number of rotatable bonds is 4. The van der Waals surface area contributed by atoms with Crippen molar-refractivity contribution in [3.05, 3.63) is 24.4 Å². The van der Waals surface area contributed by atoms with Gasteiger partial charge in [-0.3, -0.25) is 0 Å². The SMILES string of the molecule is c1ccc(N2CCC(NCC3CCCCO3)CC2)nc1. The van der Waals surface area contributed by atoms with Crippen LogP contribution in [0.1, 0.15) is 32.1 Å². The first-order chi connectivity index (χ1) is 9.92. The molecule has 0 bridgehead atoms. The van der Waals surface area contributed by atoms with E-state index in [9.17, 15) is 0 Å². The van der Waals surface area contributed by atoms with Gasteiger partial charge in [-0.05, 0) is 44.2 Å². The molecule has 3 heterocycles. The second-order valence-corrected chi connectivity index (χ2v) is 5.85. The lowest BCUT2D eigenvalue weighted by Gasteiger charge is -2.34. The molecule has 2 saturated heterocycles. The molecule has 0 saturated carbocycles. The van der Waals surface area contributed by atoms with E-state index in [0.717, 1.165) is 32.1 Å². The average Bonchev–Trinajstić information content (AvgIpc) is 2.55. The molecule has 4 nitrogen and oxygen atoms in total. The molecule has 0 spiro atoms. The molecule has 2 fully saturated rings. The second-order valence-electron chi connectivity index (χ2n) is 5.85. The molecule has 0 aromatic carbocycles. The van der Waals surface area contributed by atoms with Crippen molar-refractivity contribution in [2.75, 3.05) is 31.1 Å². The van der Waals surface area contributed by atoms with Gasteiger partial charge in [-0.2, -0.15) is 0 Å². The number of ether oxygens (including phenoxy) is 1. The largest absolute Gasteiger partial charge is 0.377 e. The highest BCUT2D eigenvalue weighted by atomic mass is 16.5. The summed E-state index contributed by atoms with van der Waals surface area (Å²) in [6, 6.07) is 6.78. The van der Waals surface area contributed by atoms with Crippen LogP contribution in [0.4, 0.5) is 5.82 Å². The van der Waals surface area contributed by atoms with Crippen LogP contribution < -0.4 is 10.2 Å². The van der Waals surface area contributed by atoms with Crippen LogP contribution in [-0.4, -0.2) is 43.4 Å². The van der Waals surface area contributed by atoms with E-state index in [1.54, 1.807) is 0 Å². The summed E-state index contributed by atoms with van der Waals surface area (Å²) in [6.45, 7) is 4.17. The quantitative estimate of drug-likeness (QED) is 0.914. The van der Waals surface area contributed by atoms with Gasteiger partial charge in [0.2, 0.25) is 0 Å². The Labute approximate surface area is 121 Å². The molecule has 1 aromatic rings. The van der Waals surface area contributed by atoms with E-state index in [4.69, 9.17) is 4.74 Å². The molecule has 1 aromatic heterocycles. The molecule has 0 aliphatic carbocycles. The van der Waals surface area contributed by atoms with E-state index < -0.39 is 0 Å². The number of nitrogens with one attached hydrogen (secondary N) is 1. The molecular formula is C16H25N3O. The first kappa shape index (κ1) is 13.8. The summed E-state index contributed by atoms with van der Waals surface area (Å²) >= 11 is 0. The van der Waals surface area contributed by atoms with Crippen molar-refractivity contribution in [2.24, 2.45) is 0 Å². The molecule has 1 atom stereocenters. The Bertz CT molecular complexity index is 384. The molecule has 4 heteroatoms. The van der Waals surface area contributed by atoms with Gasteiger partial charge in [0.05, 0.1) is 6.10 Å². The number of pyridine rings is 1. The fraction of sp³-hybridized carbons (Fsp3) is 0.688. The van der Waals surface area contributed by atoms with Crippen molar-refractivity contribution in [1.82, 2.24) is 10.3 Å². The van der Waals surface area contributed by atoms with Crippen molar-refractivity contribution >= 4 is 5.82 Å². The zero-order valence-corrected chi connectivity index (χ0v) is 12.1. The highest BCUT2D eigenvalue weighted by Gasteiger charge is 2.21. The Morgan fingerprint density at radius 2 is 2.10 bits per heavy atom. The lowest BCUT2D eigenvalue weighted by atomic mass is 10.0. The van der Waals surface area contributed by atoms with E-state index in [0.29, 0.717) is 12.1 Å². The fourth-order valence-corrected chi connectivity index (χ4v) is 3.12. The van der Waals surface area contributed by atoms with Crippen LogP contribution in [0.2, 0.25) is 0 Å². The molecule has 1 unspecified atom stereocenters. The molecular weight excluding hydrogens is 250 g/mol. The van der Waals surface area contributed by atoms with Gasteiger partial charge < -0.3 is 15.0 Å². The van der Waals surface area contributed by atoms with Crippen molar-refractivity contribution in [3.63, 3.8) is 0 Å². The predicted molar refractivity (Wildman–Crippen MR) is 81.1 cm³/mol. The summed E-state index contributed by atoms with van der Waals surface area (Å²) in [6.07, 6.45) is 8.49. The van der Waals surface area contributed by atoms with Crippen molar-refractivity contribution < 1.29 is 4.74 Å². The molecule has 0 radical (unpaired) electrons. The van der Waals surface area contributed by atoms with Crippen molar-refractivity contribution in [2.45, 2.75) is 44.2 Å². The highest BCUT2D eigenvalue weighted by Crippen LogP contribution is 2.18. The van der Waals surface area contributed by atoms with Crippen LogP contribution in [0.25, 0.3) is 0 Å². The number of aromatic nitrogens is 1. The minimum Gasteiger partial charge on any atom is -0.377 e. The molecule has 0 amide bonds. The first-order valence-corrected chi connectivity index (χ1v) is 7.93. The third-order valence-corrected chi connectivity index (χ3v) is 4.38. The maximum atomic E-state index is 5.78. The van der Waals surface area contributed by atoms with Crippen molar-refractivity contribution in [3.8, 4) is 0 Å². The Morgan fingerprint density at radius 3 is 2.80 bits per heavy atom. The third kappa shape index (κ3) is 3.70. The lowest BCUT2D eigenvalue weighted by molar-refractivity contribution is 0.0149. The van der Waals surface area contributed by atoms with Gasteiger partial charge in [0.15, 0.2) is 0 Å². The molecule has 20 heavy (non-hydrogen) atoms. The van der Waals surface area contributed by atoms with Gasteiger partial charge >= 0.3 is 0 Å². The van der Waals surface area contributed by atoms with Gasteiger partial charge in [-0.1, -0.05) is 6.07 Å². The Kier molecular flexibility index (Phi) is 4.87. The van der Waals surface area contributed by atoms with Crippen LogP contribution in [0.5, 0.6) is 0 Å². The smallest absolute Gasteiger partial charge is 0.128 e. The summed E-state index contributed by atoms with van der Waals surface area (Å²) in [4.78, 5) is 6.82. The van der Waals surface area contributed by atoms with E-state index in [2.05, 4.69) is 27.3 Å². The van der Waals surface area contributed by atoms with Gasteiger partial charge in [-0.25, -0.2) is 4.98 Å². The minimum absolute atomic E-state index is 0.442. The molecule has 1 N–H and O–H groups in total. The van der Waals surface area contributed by atoms with E-state index in [1.165, 1.54) is 32.1 Å². The second kappa shape index (κ2) is 7.04. The summed E-state index contributed by atoms with van der Waals surface area (Å²) in [5.74, 6) is 1.11. The Morgan fingerprint density at radius 1 is 1.20 bits per heavy atom. The monoisotopic (exact) mass is 275 g/mol. The summed E-state index contributed by atoms with van der Waals surface area (Å²) in [5, 5.41) is 3.69. The fourth-order valence-electron chi connectivity index (χ4n) is 3.12. The number of hydrogen-bond donors (Lipinski definition) is 1. The Balaban J connectivity index is 1.40. The standard InChI is InChI=1S/C16H25N3O/c1-3-9-17-16(6-1)19-10-7-14(8-11-19)18-13-15-5-2-4-12-20-15/h1,3,6,9,14-15,18H,2,4-5,7-8,10-13H2. The van der Waals surface area contributed by atoms with Gasteiger partial charge in [0.25, 0.3) is 0 Å². The average molecular weight is 275 g/mol. The molecule has 3 rings (SSSR count). The Hall–Kier alpha value is -1.13. The minimum atomic E-state index is 0.442. The van der Waals surface area contributed by atoms with Crippen LogP contribution in [0.15, 0.2) is 24.4 Å². The molecule has 2 aliphatic rings. The maximum Gasteiger partial charge on any atom is 0.128 e. The van der Waals surface area contributed by atoms with E-state index in [-0.39, 0.29) is 0 Å². The zero-order chi connectivity index (χ0) is 13.6. The third-order valence-electron chi connectivity index (χ3n) is 4.38. The van der Waals surface area contributed by atoms with Crippen LogP contribution in [-0.2, 0) is 4.74 Å². The predicted octanol–water partition coefficient (Wildman–Crippen LogP) is 2.21. The van der Waals surface area contributed by atoms with Gasteiger partial charge in [0.1, 0.15) is 5.82 Å². The maximum absolute atomic E-state index is 5.78. The summed E-state index contributed by atoms with van der Waals surface area (Å²) in [7, 11) is 0. The number of piperidine rings is 1. The first-order valence-electron chi connectivity index (χ1n) is 7.93. The normalized spacial score (nSPS) is 24.8. The topological polar surface area (TPSA) is 37.4 Å².